The van der Waals surface area contributed by atoms with Crippen molar-refractivity contribution in [1.82, 2.24) is 15.1 Å². The summed E-state index contributed by atoms with van der Waals surface area (Å²) in [6, 6.07) is 3.83. The Labute approximate surface area is 125 Å². The Hall–Kier alpha value is -1.07. The summed E-state index contributed by atoms with van der Waals surface area (Å²) >= 11 is 2.03. The molecular formula is C15H23N3OS. The van der Waals surface area contributed by atoms with E-state index in [1.807, 2.05) is 36.9 Å². The highest BCUT2D eigenvalue weighted by Gasteiger charge is 2.18. The Morgan fingerprint density at radius 2 is 2.20 bits per heavy atom. The van der Waals surface area contributed by atoms with Gasteiger partial charge in [0.05, 0.1) is 5.69 Å². The van der Waals surface area contributed by atoms with Gasteiger partial charge in [0.25, 0.3) is 0 Å². The van der Waals surface area contributed by atoms with Crippen LogP contribution in [0.15, 0.2) is 24.8 Å². The van der Waals surface area contributed by atoms with Gasteiger partial charge in [-0.15, -0.1) is 11.7 Å². The zero-order valence-electron chi connectivity index (χ0n) is 12.1. The number of aryl methyl sites for hydroxylation is 1. The summed E-state index contributed by atoms with van der Waals surface area (Å²) in [5.74, 6) is 3.06. The highest BCUT2D eigenvalue weighted by atomic mass is 32.2. The van der Waals surface area contributed by atoms with Crippen LogP contribution in [0.3, 0.4) is 0 Å². The molecule has 1 aromatic heterocycles. The fourth-order valence-electron chi connectivity index (χ4n) is 2.18. The zero-order valence-corrected chi connectivity index (χ0v) is 12.9. The number of hydrogen-bond donors (Lipinski definition) is 0. The van der Waals surface area contributed by atoms with Crippen LogP contribution in [0, 0.1) is 6.92 Å². The van der Waals surface area contributed by atoms with Crippen LogP contribution < -0.4 is 4.74 Å². The molecule has 0 N–H and O–H groups in total. The average molecular weight is 293 g/mol. The molecule has 0 saturated carbocycles. The lowest BCUT2D eigenvalue weighted by atomic mass is 10.2. The molecule has 2 heterocycles. The standard InChI is InChI=1S/C15H23N3OS/c1-3-4-5-14(12-18-8-10-20-11-9-18)19-15-7-6-13(2)16-17-15/h3,6-7,14H,1,4-5,8-12H2,2H3/t14-/m1/s1. The molecule has 1 aliphatic heterocycles. The summed E-state index contributed by atoms with van der Waals surface area (Å²) in [4.78, 5) is 2.48. The molecule has 0 radical (unpaired) electrons. The van der Waals surface area contributed by atoms with Gasteiger partial charge in [0.2, 0.25) is 5.88 Å². The van der Waals surface area contributed by atoms with E-state index in [0.717, 1.165) is 38.2 Å². The molecule has 0 spiro atoms. The van der Waals surface area contributed by atoms with Gasteiger partial charge in [-0.2, -0.15) is 16.9 Å². The van der Waals surface area contributed by atoms with Crippen molar-refractivity contribution in [2.45, 2.75) is 25.9 Å². The maximum Gasteiger partial charge on any atom is 0.233 e. The van der Waals surface area contributed by atoms with Crippen molar-refractivity contribution in [2.75, 3.05) is 31.1 Å². The summed E-state index contributed by atoms with van der Waals surface area (Å²) in [6.45, 7) is 8.99. The Morgan fingerprint density at radius 3 is 2.85 bits per heavy atom. The van der Waals surface area contributed by atoms with Crippen LogP contribution in [0.5, 0.6) is 5.88 Å². The highest BCUT2D eigenvalue weighted by Crippen LogP contribution is 2.15. The Bertz CT molecular complexity index is 404. The first-order valence-electron chi connectivity index (χ1n) is 7.16. The molecule has 1 saturated heterocycles. The van der Waals surface area contributed by atoms with E-state index in [4.69, 9.17) is 4.74 Å². The third kappa shape index (κ3) is 5.13. The van der Waals surface area contributed by atoms with Crippen molar-refractivity contribution in [1.29, 1.82) is 0 Å². The number of allylic oxidation sites excluding steroid dienone is 1. The number of ether oxygens (including phenoxy) is 1. The van der Waals surface area contributed by atoms with Gasteiger partial charge in [0, 0.05) is 37.2 Å². The van der Waals surface area contributed by atoms with Crippen LogP contribution in [0.1, 0.15) is 18.5 Å². The molecule has 2 rings (SSSR count). The van der Waals surface area contributed by atoms with Gasteiger partial charge in [-0.3, -0.25) is 4.90 Å². The molecule has 4 nitrogen and oxygen atoms in total. The number of aromatic nitrogens is 2. The fourth-order valence-corrected chi connectivity index (χ4v) is 3.16. The van der Waals surface area contributed by atoms with E-state index in [0.29, 0.717) is 5.88 Å². The van der Waals surface area contributed by atoms with Crippen LogP contribution in [0.4, 0.5) is 0 Å². The van der Waals surface area contributed by atoms with Gasteiger partial charge >= 0.3 is 0 Å². The third-order valence-electron chi connectivity index (χ3n) is 3.32. The topological polar surface area (TPSA) is 38.2 Å². The molecule has 1 aromatic rings. The minimum atomic E-state index is 0.160. The molecule has 0 bridgehead atoms. The van der Waals surface area contributed by atoms with Crippen LogP contribution >= 0.6 is 11.8 Å². The molecule has 20 heavy (non-hydrogen) atoms. The van der Waals surface area contributed by atoms with E-state index in [1.54, 1.807) is 0 Å². The molecule has 1 atom stereocenters. The maximum absolute atomic E-state index is 6.00. The maximum atomic E-state index is 6.00. The summed E-state index contributed by atoms with van der Waals surface area (Å²) in [6.07, 6.45) is 4.05. The summed E-state index contributed by atoms with van der Waals surface area (Å²) in [7, 11) is 0. The molecular weight excluding hydrogens is 270 g/mol. The van der Waals surface area contributed by atoms with E-state index in [2.05, 4.69) is 21.7 Å². The van der Waals surface area contributed by atoms with E-state index < -0.39 is 0 Å². The fraction of sp³-hybridized carbons (Fsp3) is 0.600. The Balaban J connectivity index is 1.91. The summed E-state index contributed by atoms with van der Waals surface area (Å²) in [5, 5.41) is 8.15. The normalized spacial score (nSPS) is 17.6. The van der Waals surface area contributed by atoms with Gasteiger partial charge in [0.15, 0.2) is 0 Å². The minimum absolute atomic E-state index is 0.160. The second-order valence-electron chi connectivity index (χ2n) is 5.03. The molecule has 0 aliphatic carbocycles. The summed E-state index contributed by atoms with van der Waals surface area (Å²) < 4.78 is 6.00. The predicted molar refractivity (Wildman–Crippen MR) is 84.4 cm³/mol. The molecule has 110 valence electrons. The SMILES string of the molecule is C=CCC[C@H](CN1CCSCC1)Oc1ccc(C)nn1. The van der Waals surface area contributed by atoms with Crippen molar-refractivity contribution in [3.05, 3.63) is 30.5 Å². The number of hydrogen-bond acceptors (Lipinski definition) is 5. The quantitative estimate of drug-likeness (QED) is 0.722. The molecule has 1 aliphatic rings. The van der Waals surface area contributed by atoms with Crippen LogP contribution in [0.2, 0.25) is 0 Å². The first-order valence-corrected chi connectivity index (χ1v) is 8.31. The Morgan fingerprint density at radius 1 is 1.40 bits per heavy atom. The van der Waals surface area contributed by atoms with Crippen molar-refractivity contribution in [3.63, 3.8) is 0 Å². The largest absolute Gasteiger partial charge is 0.472 e. The first-order chi connectivity index (χ1) is 9.78. The Kier molecular flexibility index (Phi) is 6.33. The molecule has 1 fully saturated rings. The first kappa shape index (κ1) is 15.3. The van der Waals surface area contributed by atoms with Gasteiger partial charge in [0.1, 0.15) is 6.10 Å². The monoisotopic (exact) mass is 293 g/mol. The van der Waals surface area contributed by atoms with Crippen molar-refractivity contribution in [2.24, 2.45) is 0 Å². The second-order valence-corrected chi connectivity index (χ2v) is 6.26. The number of thioether (sulfide) groups is 1. The van der Waals surface area contributed by atoms with E-state index in [-0.39, 0.29) is 6.10 Å². The average Bonchev–Trinajstić information content (AvgIpc) is 2.48. The third-order valence-corrected chi connectivity index (χ3v) is 4.26. The second kappa shape index (κ2) is 8.27. The molecule has 0 aromatic carbocycles. The van der Waals surface area contributed by atoms with Crippen molar-refractivity contribution in [3.8, 4) is 5.88 Å². The van der Waals surface area contributed by atoms with Crippen LogP contribution in [-0.2, 0) is 0 Å². The lowest BCUT2D eigenvalue weighted by Crippen LogP contribution is -2.40. The minimum Gasteiger partial charge on any atom is -0.472 e. The van der Waals surface area contributed by atoms with E-state index in [9.17, 15) is 0 Å². The lowest BCUT2D eigenvalue weighted by molar-refractivity contribution is 0.126. The lowest BCUT2D eigenvalue weighted by Gasteiger charge is -2.30. The van der Waals surface area contributed by atoms with Gasteiger partial charge in [-0.1, -0.05) is 6.08 Å². The van der Waals surface area contributed by atoms with Gasteiger partial charge < -0.3 is 4.74 Å². The van der Waals surface area contributed by atoms with Crippen molar-refractivity contribution < 1.29 is 4.74 Å². The van der Waals surface area contributed by atoms with E-state index >= 15 is 0 Å². The zero-order chi connectivity index (χ0) is 14.2. The molecule has 5 heteroatoms. The smallest absolute Gasteiger partial charge is 0.233 e. The van der Waals surface area contributed by atoms with Crippen LogP contribution in [-0.4, -0.2) is 52.3 Å². The van der Waals surface area contributed by atoms with Crippen LogP contribution in [0.25, 0.3) is 0 Å². The van der Waals surface area contributed by atoms with E-state index in [1.165, 1.54) is 11.5 Å². The predicted octanol–water partition coefficient (Wildman–Crippen LogP) is 2.55. The number of rotatable bonds is 7. The molecule has 0 unspecified atom stereocenters. The summed E-state index contributed by atoms with van der Waals surface area (Å²) in [5.41, 5.74) is 0.910. The van der Waals surface area contributed by atoms with Gasteiger partial charge in [-0.25, -0.2) is 0 Å². The van der Waals surface area contributed by atoms with Crippen molar-refractivity contribution >= 4 is 11.8 Å². The number of nitrogens with zero attached hydrogens (tertiary/aromatic N) is 3. The highest BCUT2D eigenvalue weighted by molar-refractivity contribution is 7.99. The molecule has 0 amide bonds. The van der Waals surface area contributed by atoms with Gasteiger partial charge in [-0.05, 0) is 25.8 Å².